The lowest BCUT2D eigenvalue weighted by molar-refractivity contribution is 0.597. The van der Waals surface area contributed by atoms with E-state index in [0.29, 0.717) is 6.04 Å². The third-order valence-corrected chi connectivity index (χ3v) is 5.92. The van der Waals surface area contributed by atoms with Gasteiger partial charge in [0.2, 0.25) is 0 Å². The summed E-state index contributed by atoms with van der Waals surface area (Å²) in [5.74, 6) is 0. The van der Waals surface area contributed by atoms with Crippen molar-refractivity contribution in [2.24, 2.45) is 0 Å². The van der Waals surface area contributed by atoms with Gasteiger partial charge in [0.05, 0.1) is 16.8 Å². The number of benzene rings is 1. The molecule has 1 N–H and O–H groups in total. The molecule has 1 saturated carbocycles. The van der Waals surface area contributed by atoms with Gasteiger partial charge in [-0.15, -0.1) is 11.3 Å². The third kappa shape index (κ3) is 3.08. The molecule has 0 saturated heterocycles. The molecule has 0 bridgehead atoms. The largest absolute Gasteiger partial charge is 0.301 e. The van der Waals surface area contributed by atoms with Crippen LogP contribution in [0, 0.1) is 13.8 Å². The van der Waals surface area contributed by atoms with Gasteiger partial charge < -0.3 is 5.32 Å². The summed E-state index contributed by atoms with van der Waals surface area (Å²) in [6.45, 7) is 4.19. The minimum absolute atomic E-state index is 0.144. The first-order valence-corrected chi connectivity index (χ1v) is 8.68. The molecule has 1 aromatic carbocycles. The molecule has 2 nitrogen and oxygen atoms in total. The van der Waals surface area contributed by atoms with Crippen molar-refractivity contribution in [3.8, 4) is 0 Å². The van der Waals surface area contributed by atoms with Crippen LogP contribution in [-0.4, -0.2) is 11.0 Å². The monoisotopic (exact) mass is 370 g/mol. The van der Waals surface area contributed by atoms with Gasteiger partial charge in [-0.2, -0.15) is 0 Å². The summed E-state index contributed by atoms with van der Waals surface area (Å²) in [6, 6.07) is 6.91. The first-order valence-electron chi connectivity index (χ1n) is 6.69. The normalized spacial score (nSPS) is 16.4. The molecule has 3 rings (SSSR count). The number of thiazole rings is 1. The molecule has 1 unspecified atom stereocenters. The fourth-order valence-electron chi connectivity index (χ4n) is 2.11. The van der Waals surface area contributed by atoms with E-state index in [1.165, 1.54) is 23.3 Å². The molecular formula is C15H16BrClN2S. The highest BCUT2D eigenvalue weighted by atomic mass is 79.9. The maximum absolute atomic E-state index is 6.24. The summed E-state index contributed by atoms with van der Waals surface area (Å²) in [5.41, 5.74) is 2.30. The Balaban J connectivity index is 1.97. The van der Waals surface area contributed by atoms with Crippen LogP contribution in [0.1, 0.15) is 40.0 Å². The number of halogens is 2. The van der Waals surface area contributed by atoms with Crippen LogP contribution in [0.2, 0.25) is 5.02 Å². The molecule has 106 valence electrons. The summed E-state index contributed by atoms with van der Waals surface area (Å²) in [6.07, 6.45) is 2.51. The van der Waals surface area contributed by atoms with Crippen molar-refractivity contribution in [3.63, 3.8) is 0 Å². The Kier molecular flexibility index (Phi) is 4.18. The fourth-order valence-corrected chi connectivity index (χ4v) is 3.56. The third-order valence-electron chi connectivity index (χ3n) is 3.55. The molecule has 1 heterocycles. The molecule has 2 aromatic rings. The lowest BCUT2D eigenvalue weighted by Crippen LogP contribution is -2.24. The van der Waals surface area contributed by atoms with Crippen LogP contribution in [0.3, 0.4) is 0 Å². The van der Waals surface area contributed by atoms with Crippen molar-refractivity contribution in [3.05, 3.63) is 48.8 Å². The minimum Gasteiger partial charge on any atom is -0.301 e. The van der Waals surface area contributed by atoms with Crippen molar-refractivity contribution in [1.29, 1.82) is 0 Å². The zero-order chi connectivity index (χ0) is 14.3. The summed E-state index contributed by atoms with van der Waals surface area (Å²) in [4.78, 5) is 6.00. The Morgan fingerprint density at radius 2 is 2.15 bits per heavy atom. The number of aromatic nitrogens is 1. The second kappa shape index (κ2) is 5.76. The van der Waals surface area contributed by atoms with E-state index in [1.54, 1.807) is 11.3 Å². The van der Waals surface area contributed by atoms with E-state index in [1.807, 2.05) is 12.1 Å². The highest BCUT2D eigenvalue weighted by Gasteiger charge is 2.28. The second-order valence-electron chi connectivity index (χ2n) is 5.24. The Hall–Kier alpha value is -0.420. The smallest absolute Gasteiger partial charge is 0.115 e. The summed E-state index contributed by atoms with van der Waals surface area (Å²) < 4.78 is 0.930. The zero-order valence-corrected chi connectivity index (χ0v) is 14.6. The summed E-state index contributed by atoms with van der Waals surface area (Å²) in [7, 11) is 0. The molecule has 1 atom stereocenters. The first kappa shape index (κ1) is 14.5. The molecule has 1 aliphatic carbocycles. The van der Waals surface area contributed by atoms with E-state index in [0.717, 1.165) is 20.2 Å². The maximum Gasteiger partial charge on any atom is 0.115 e. The molecule has 0 spiro atoms. The molecule has 1 aromatic heterocycles. The van der Waals surface area contributed by atoms with E-state index in [9.17, 15) is 0 Å². The average molecular weight is 372 g/mol. The number of hydrogen-bond acceptors (Lipinski definition) is 3. The lowest BCUT2D eigenvalue weighted by Gasteiger charge is -2.17. The van der Waals surface area contributed by atoms with Gasteiger partial charge in [0.1, 0.15) is 5.01 Å². The standard InChI is InChI=1S/C15H16BrClN2S/c1-8-9(2)20-15(18-8)14(19-11-4-5-11)10-3-6-12(16)13(17)7-10/h3,6-7,11,14,19H,4-5H2,1-2H3. The average Bonchev–Trinajstić information content (AvgIpc) is 3.17. The fraction of sp³-hybridized carbons (Fsp3) is 0.400. The van der Waals surface area contributed by atoms with Gasteiger partial charge >= 0.3 is 0 Å². The molecule has 0 amide bonds. The molecule has 0 aliphatic heterocycles. The van der Waals surface area contributed by atoms with Gasteiger partial charge in [0.15, 0.2) is 0 Å². The molecule has 1 fully saturated rings. The summed E-state index contributed by atoms with van der Waals surface area (Å²) >= 11 is 11.5. The molecular weight excluding hydrogens is 356 g/mol. The Bertz CT molecular complexity index is 617. The van der Waals surface area contributed by atoms with E-state index in [-0.39, 0.29) is 6.04 Å². The van der Waals surface area contributed by atoms with Gasteiger partial charge in [0.25, 0.3) is 0 Å². The van der Waals surface area contributed by atoms with Gasteiger partial charge in [-0.3, -0.25) is 0 Å². The second-order valence-corrected chi connectivity index (χ2v) is 7.74. The van der Waals surface area contributed by atoms with Crippen molar-refractivity contribution in [2.45, 2.75) is 38.8 Å². The zero-order valence-electron chi connectivity index (χ0n) is 11.4. The predicted molar refractivity (Wildman–Crippen MR) is 88.7 cm³/mol. The Morgan fingerprint density at radius 1 is 1.40 bits per heavy atom. The van der Waals surface area contributed by atoms with Crippen LogP contribution in [0.25, 0.3) is 0 Å². The lowest BCUT2D eigenvalue weighted by atomic mass is 10.1. The van der Waals surface area contributed by atoms with E-state index in [4.69, 9.17) is 16.6 Å². The van der Waals surface area contributed by atoms with Crippen LogP contribution in [0.15, 0.2) is 22.7 Å². The van der Waals surface area contributed by atoms with Crippen LogP contribution in [-0.2, 0) is 0 Å². The van der Waals surface area contributed by atoms with Gasteiger partial charge in [-0.25, -0.2) is 4.98 Å². The van der Waals surface area contributed by atoms with Crippen LogP contribution in [0.5, 0.6) is 0 Å². The van der Waals surface area contributed by atoms with Crippen LogP contribution >= 0.6 is 38.9 Å². The van der Waals surface area contributed by atoms with E-state index in [2.05, 4.69) is 41.2 Å². The Morgan fingerprint density at radius 3 is 2.70 bits per heavy atom. The number of rotatable bonds is 4. The quantitative estimate of drug-likeness (QED) is 0.816. The first-order chi connectivity index (χ1) is 9.54. The van der Waals surface area contributed by atoms with Crippen molar-refractivity contribution >= 4 is 38.9 Å². The Labute approximate surface area is 136 Å². The highest BCUT2D eigenvalue weighted by molar-refractivity contribution is 9.10. The summed E-state index contributed by atoms with van der Waals surface area (Å²) in [5, 5.41) is 5.56. The van der Waals surface area contributed by atoms with Crippen molar-refractivity contribution < 1.29 is 0 Å². The van der Waals surface area contributed by atoms with Gasteiger partial charge in [-0.05, 0) is 60.3 Å². The topological polar surface area (TPSA) is 24.9 Å². The number of hydrogen-bond donors (Lipinski definition) is 1. The van der Waals surface area contributed by atoms with E-state index >= 15 is 0 Å². The number of nitrogens with one attached hydrogen (secondary N) is 1. The van der Waals surface area contributed by atoms with E-state index < -0.39 is 0 Å². The molecule has 5 heteroatoms. The SMILES string of the molecule is Cc1nc(C(NC2CC2)c2ccc(Br)c(Cl)c2)sc1C. The molecule has 0 radical (unpaired) electrons. The predicted octanol–water partition coefficient (Wildman–Crippen LogP) is 5.02. The highest BCUT2D eigenvalue weighted by Crippen LogP contribution is 2.34. The van der Waals surface area contributed by atoms with Crippen LogP contribution in [0.4, 0.5) is 0 Å². The van der Waals surface area contributed by atoms with Gasteiger partial charge in [0, 0.05) is 15.4 Å². The van der Waals surface area contributed by atoms with Gasteiger partial charge in [-0.1, -0.05) is 17.7 Å². The molecule has 1 aliphatic rings. The minimum atomic E-state index is 0.144. The number of aryl methyl sites for hydroxylation is 2. The van der Waals surface area contributed by atoms with Crippen molar-refractivity contribution in [1.82, 2.24) is 10.3 Å². The van der Waals surface area contributed by atoms with Crippen molar-refractivity contribution in [2.75, 3.05) is 0 Å². The maximum atomic E-state index is 6.24. The van der Waals surface area contributed by atoms with Crippen LogP contribution < -0.4 is 5.32 Å². The number of nitrogens with zero attached hydrogens (tertiary/aromatic N) is 1. The molecule has 20 heavy (non-hydrogen) atoms.